The first kappa shape index (κ1) is 19.8. The Morgan fingerprint density at radius 1 is 1.23 bits per heavy atom. The van der Waals surface area contributed by atoms with Crippen LogP contribution in [0.1, 0.15) is 34.5 Å². The molecule has 154 valence electrons. The summed E-state index contributed by atoms with van der Waals surface area (Å²) < 4.78 is 0. The van der Waals surface area contributed by atoms with E-state index >= 15 is 0 Å². The van der Waals surface area contributed by atoms with Crippen LogP contribution in [-0.2, 0) is 11.3 Å². The van der Waals surface area contributed by atoms with Gasteiger partial charge in [0.1, 0.15) is 5.69 Å². The van der Waals surface area contributed by atoms with Crippen LogP contribution in [0.5, 0.6) is 0 Å². The van der Waals surface area contributed by atoms with Crippen LogP contribution in [0.3, 0.4) is 0 Å². The Bertz CT molecular complexity index is 1030. The van der Waals surface area contributed by atoms with Crippen LogP contribution in [0.4, 0.5) is 0 Å². The molecule has 2 N–H and O–H groups in total. The minimum Gasteiger partial charge on any atom is -0.352 e. The van der Waals surface area contributed by atoms with E-state index in [1.807, 2.05) is 43.3 Å². The van der Waals surface area contributed by atoms with Gasteiger partial charge in [-0.15, -0.1) is 0 Å². The summed E-state index contributed by atoms with van der Waals surface area (Å²) in [5.41, 5.74) is 4.21. The molecule has 1 unspecified atom stereocenters. The number of likely N-dealkylation sites (tertiary alicyclic amines) is 1. The number of benzene rings is 1. The zero-order valence-corrected chi connectivity index (χ0v) is 17.0. The van der Waals surface area contributed by atoms with Crippen molar-refractivity contribution in [1.82, 2.24) is 25.4 Å². The number of carbonyl (C=O) groups is 2. The highest BCUT2D eigenvalue weighted by Gasteiger charge is 2.29. The molecule has 0 saturated carbocycles. The summed E-state index contributed by atoms with van der Waals surface area (Å²) in [5.74, 6) is -0.335. The number of piperidine rings is 1. The lowest BCUT2D eigenvalue weighted by atomic mass is 9.96. The van der Waals surface area contributed by atoms with Gasteiger partial charge in [-0.25, -0.2) is 0 Å². The number of H-pyrrole nitrogens is 1. The fourth-order valence-electron chi connectivity index (χ4n) is 3.77. The zero-order valence-electron chi connectivity index (χ0n) is 17.0. The first-order valence-electron chi connectivity index (χ1n) is 10.2. The molecule has 7 nitrogen and oxygen atoms in total. The van der Waals surface area contributed by atoms with E-state index in [9.17, 15) is 9.59 Å². The number of hydrogen-bond acceptors (Lipinski definition) is 4. The molecule has 2 amide bonds. The summed E-state index contributed by atoms with van der Waals surface area (Å²) in [5, 5.41) is 10.1. The molecule has 4 rings (SSSR count). The first-order chi connectivity index (χ1) is 14.6. The van der Waals surface area contributed by atoms with Gasteiger partial charge in [0.15, 0.2) is 0 Å². The van der Waals surface area contributed by atoms with E-state index in [4.69, 9.17) is 0 Å². The largest absolute Gasteiger partial charge is 0.352 e. The van der Waals surface area contributed by atoms with Crippen molar-refractivity contribution in [2.24, 2.45) is 5.92 Å². The van der Waals surface area contributed by atoms with Crippen LogP contribution in [-0.4, -0.2) is 45.0 Å². The molecule has 7 heteroatoms. The Morgan fingerprint density at radius 2 is 2.10 bits per heavy atom. The quantitative estimate of drug-likeness (QED) is 0.685. The molecule has 3 aromatic rings. The minimum absolute atomic E-state index is 0.00332. The second-order valence-corrected chi connectivity index (χ2v) is 7.64. The SMILES string of the molecule is Cc1ccccc1CNC(=O)C1CCCN(C(=O)c2cc(-c3cccnc3)n[nH]2)C1. The summed E-state index contributed by atoms with van der Waals surface area (Å²) in [7, 11) is 0. The van der Waals surface area contributed by atoms with Crippen LogP contribution in [0, 0.1) is 12.8 Å². The molecule has 0 bridgehead atoms. The summed E-state index contributed by atoms with van der Waals surface area (Å²) in [6, 6.07) is 13.5. The number of nitrogens with zero attached hydrogens (tertiary/aromatic N) is 3. The fourth-order valence-corrected chi connectivity index (χ4v) is 3.77. The van der Waals surface area contributed by atoms with Crippen molar-refractivity contribution in [3.63, 3.8) is 0 Å². The molecule has 1 aromatic carbocycles. The number of amides is 2. The molecular weight excluding hydrogens is 378 g/mol. The van der Waals surface area contributed by atoms with E-state index in [0.29, 0.717) is 31.0 Å². The lowest BCUT2D eigenvalue weighted by Gasteiger charge is -2.31. The number of hydrogen-bond donors (Lipinski definition) is 2. The number of pyridine rings is 1. The summed E-state index contributed by atoms with van der Waals surface area (Å²) in [6.07, 6.45) is 4.99. The Balaban J connectivity index is 1.37. The van der Waals surface area contributed by atoms with Crippen molar-refractivity contribution in [1.29, 1.82) is 0 Å². The standard InChI is InChI=1S/C23H25N5O2/c1-16-6-2-3-7-17(16)14-25-22(29)19-9-5-11-28(15-19)23(30)21-12-20(26-27-21)18-8-4-10-24-13-18/h2-4,6-8,10,12-13,19H,5,9,11,14-15H2,1H3,(H,25,29)(H,26,27). The topological polar surface area (TPSA) is 91.0 Å². The number of nitrogens with one attached hydrogen (secondary N) is 2. The molecule has 2 aromatic heterocycles. The molecule has 1 aliphatic heterocycles. The van der Waals surface area contributed by atoms with Crippen molar-refractivity contribution in [2.45, 2.75) is 26.3 Å². The van der Waals surface area contributed by atoms with E-state index in [2.05, 4.69) is 20.5 Å². The highest BCUT2D eigenvalue weighted by atomic mass is 16.2. The number of aryl methyl sites for hydroxylation is 1. The molecule has 1 aliphatic rings. The molecule has 0 radical (unpaired) electrons. The van der Waals surface area contributed by atoms with Crippen molar-refractivity contribution in [3.8, 4) is 11.3 Å². The average Bonchev–Trinajstić information content (AvgIpc) is 3.29. The zero-order chi connectivity index (χ0) is 20.9. The van der Waals surface area contributed by atoms with Gasteiger partial charge < -0.3 is 10.2 Å². The van der Waals surface area contributed by atoms with Gasteiger partial charge in [-0.05, 0) is 49.1 Å². The maximum Gasteiger partial charge on any atom is 0.271 e. The molecule has 0 aliphatic carbocycles. The Labute approximate surface area is 175 Å². The monoisotopic (exact) mass is 403 g/mol. The van der Waals surface area contributed by atoms with E-state index in [-0.39, 0.29) is 17.7 Å². The Kier molecular flexibility index (Phi) is 5.88. The molecule has 1 saturated heterocycles. The Hall–Kier alpha value is -3.48. The smallest absolute Gasteiger partial charge is 0.271 e. The minimum atomic E-state index is -0.201. The third kappa shape index (κ3) is 4.40. The lowest BCUT2D eigenvalue weighted by Crippen LogP contribution is -2.45. The Morgan fingerprint density at radius 3 is 2.90 bits per heavy atom. The molecule has 1 fully saturated rings. The van der Waals surface area contributed by atoms with Crippen LogP contribution in [0.2, 0.25) is 0 Å². The second kappa shape index (κ2) is 8.90. The predicted octanol–water partition coefficient (Wildman–Crippen LogP) is 2.95. The van der Waals surface area contributed by atoms with E-state index in [1.165, 1.54) is 0 Å². The molecule has 1 atom stereocenters. The second-order valence-electron chi connectivity index (χ2n) is 7.64. The number of aromatic amines is 1. The normalized spacial score (nSPS) is 16.3. The lowest BCUT2D eigenvalue weighted by molar-refractivity contribution is -0.126. The fraction of sp³-hybridized carbons (Fsp3) is 0.304. The maximum absolute atomic E-state index is 12.9. The summed E-state index contributed by atoms with van der Waals surface area (Å²) in [6.45, 7) is 3.60. The third-order valence-electron chi connectivity index (χ3n) is 5.56. The van der Waals surface area contributed by atoms with E-state index < -0.39 is 0 Å². The van der Waals surface area contributed by atoms with Crippen LogP contribution in [0.25, 0.3) is 11.3 Å². The average molecular weight is 403 g/mol. The van der Waals surface area contributed by atoms with Crippen molar-refractivity contribution < 1.29 is 9.59 Å². The van der Waals surface area contributed by atoms with Gasteiger partial charge in [-0.2, -0.15) is 5.10 Å². The van der Waals surface area contributed by atoms with Gasteiger partial charge in [0.2, 0.25) is 5.91 Å². The summed E-state index contributed by atoms with van der Waals surface area (Å²) in [4.78, 5) is 31.5. The van der Waals surface area contributed by atoms with E-state index in [1.54, 1.807) is 23.4 Å². The number of aromatic nitrogens is 3. The molecule has 3 heterocycles. The highest BCUT2D eigenvalue weighted by Crippen LogP contribution is 2.21. The van der Waals surface area contributed by atoms with Gasteiger partial charge in [0.05, 0.1) is 11.6 Å². The summed E-state index contributed by atoms with van der Waals surface area (Å²) >= 11 is 0. The number of carbonyl (C=O) groups excluding carboxylic acids is 2. The van der Waals surface area contributed by atoms with Crippen molar-refractivity contribution in [2.75, 3.05) is 13.1 Å². The van der Waals surface area contributed by atoms with Crippen molar-refractivity contribution in [3.05, 3.63) is 71.7 Å². The van der Waals surface area contributed by atoms with E-state index in [0.717, 1.165) is 29.5 Å². The first-order valence-corrected chi connectivity index (χ1v) is 10.2. The van der Waals surface area contributed by atoms with Gasteiger partial charge in [0, 0.05) is 37.6 Å². The predicted molar refractivity (Wildman–Crippen MR) is 113 cm³/mol. The molecular formula is C23H25N5O2. The van der Waals surface area contributed by atoms with Crippen molar-refractivity contribution >= 4 is 11.8 Å². The maximum atomic E-state index is 12.9. The van der Waals surface area contributed by atoms with Gasteiger partial charge in [0.25, 0.3) is 5.91 Å². The van der Waals surface area contributed by atoms with Gasteiger partial charge >= 0.3 is 0 Å². The highest BCUT2D eigenvalue weighted by molar-refractivity contribution is 5.94. The number of rotatable bonds is 5. The van der Waals surface area contributed by atoms with Crippen LogP contribution in [0.15, 0.2) is 54.9 Å². The van der Waals surface area contributed by atoms with Crippen LogP contribution < -0.4 is 5.32 Å². The third-order valence-corrected chi connectivity index (χ3v) is 5.56. The van der Waals surface area contributed by atoms with Gasteiger partial charge in [-0.1, -0.05) is 24.3 Å². The molecule has 30 heavy (non-hydrogen) atoms. The molecule has 0 spiro atoms. The van der Waals surface area contributed by atoms with Crippen LogP contribution >= 0.6 is 0 Å². The van der Waals surface area contributed by atoms with Gasteiger partial charge in [-0.3, -0.25) is 19.7 Å².